The number of rotatable bonds is 8. The van der Waals surface area contributed by atoms with Crippen molar-refractivity contribution in [2.45, 2.75) is 0 Å². The third-order valence-electron chi connectivity index (χ3n) is 5.12. The number of fused-ring (bicyclic) bond motifs is 1. The summed E-state index contributed by atoms with van der Waals surface area (Å²) in [5.74, 6) is 0.390. The van der Waals surface area contributed by atoms with E-state index in [0.29, 0.717) is 18.8 Å². The number of nitro groups is 1. The van der Waals surface area contributed by atoms with Crippen LogP contribution in [-0.4, -0.2) is 51.6 Å². The standard InChI is InChI=1S/C23H23ClN6O3/c1-28(2)10-11-33-22-12-17(24)19(13-21(22)30(31)32)27-23-25-9-8-18(26-23)16-14-29(3)20-7-5-4-6-15(16)20/h4-9,12-14H,10-11H2,1-3H3,(H,25,26,27). The number of anilines is 2. The lowest BCUT2D eigenvalue weighted by atomic mass is 10.1. The number of halogens is 1. The van der Waals surface area contributed by atoms with Gasteiger partial charge in [0.15, 0.2) is 5.75 Å². The van der Waals surface area contributed by atoms with Crippen LogP contribution in [0.15, 0.2) is 54.9 Å². The molecule has 10 heteroatoms. The summed E-state index contributed by atoms with van der Waals surface area (Å²) in [6.07, 6.45) is 3.64. The molecule has 0 bridgehead atoms. The number of nitrogens with one attached hydrogen (secondary N) is 1. The van der Waals surface area contributed by atoms with Crippen LogP contribution in [0.1, 0.15) is 0 Å². The summed E-state index contributed by atoms with van der Waals surface area (Å²) in [5, 5.41) is 15.9. The molecule has 4 rings (SSSR count). The van der Waals surface area contributed by atoms with Gasteiger partial charge in [-0.2, -0.15) is 0 Å². The van der Waals surface area contributed by atoms with Crippen molar-refractivity contribution >= 4 is 39.8 Å². The van der Waals surface area contributed by atoms with E-state index in [-0.39, 0.29) is 22.4 Å². The Hall–Kier alpha value is -3.69. The molecule has 2 aromatic carbocycles. The SMILES string of the molecule is CN(C)CCOc1cc(Cl)c(Nc2nccc(-c3cn(C)c4ccccc34)n2)cc1[N+](=O)[O-]. The van der Waals surface area contributed by atoms with Gasteiger partial charge in [0.05, 0.1) is 21.3 Å². The second-order valence-corrected chi connectivity index (χ2v) is 8.18. The molecule has 2 heterocycles. The first kappa shape index (κ1) is 22.5. The molecule has 33 heavy (non-hydrogen) atoms. The number of nitrogens with zero attached hydrogens (tertiary/aromatic N) is 5. The molecular formula is C23H23ClN6O3. The first-order valence-electron chi connectivity index (χ1n) is 10.2. The van der Waals surface area contributed by atoms with E-state index in [2.05, 4.69) is 15.3 Å². The molecule has 2 aromatic heterocycles. The van der Waals surface area contributed by atoms with Gasteiger partial charge in [0.1, 0.15) is 6.61 Å². The van der Waals surface area contributed by atoms with Crippen LogP contribution >= 0.6 is 11.6 Å². The van der Waals surface area contributed by atoms with E-state index in [1.807, 2.05) is 67.1 Å². The zero-order valence-electron chi connectivity index (χ0n) is 18.4. The molecule has 0 saturated heterocycles. The summed E-state index contributed by atoms with van der Waals surface area (Å²) in [5.41, 5.74) is 2.90. The maximum absolute atomic E-state index is 11.6. The van der Waals surface area contributed by atoms with Crippen molar-refractivity contribution in [3.05, 3.63) is 70.0 Å². The van der Waals surface area contributed by atoms with Gasteiger partial charge in [0.25, 0.3) is 0 Å². The number of nitro benzene ring substituents is 1. The fourth-order valence-electron chi connectivity index (χ4n) is 3.47. The molecule has 0 aliphatic rings. The summed E-state index contributed by atoms with van der Waals surface area (Å²) in [6, 6.07) is 12.6. The lowest BCUT2D eigenvalue weighted by molar-refractivity contribution is -0.385. The van der Waals surface area contributed by atoms with Crippen LogP contribution in [0.3, 0.4) is 0 Å². The molecule has 0 amide bonds. The Morgan fingerprint density at radius 2 is 2.03 bits per heavy atom. The molecule has 0 unspecified atom stereocenters. The van der Waals surface area contributed by atoms with Crippen molar-refractivity contribution in [2.75, 3.05) is 32.6 Å². The quantitative estimate of drug-likeness (QED) is 0.292. The van der Waals surface area contributed by atoms with E-state index in [1.165, 1.54) is 12.1 Å². The molecule has 0 spiro atoms. The van der Waals surface area contributed by atoms with Crippen molar-refractivity contribution in [3.63, 3.8) is 0 Å². The summed E-state index contributed by atoms with van der Waals surface area (Å²) >= 11 is 6.40. The lowest BCUT2D eigenvalue weighted by Crippen LogP contribution is -2.19. The molecule has 9 nitrogen and oxygen atoms in total. The Morgan fingerprint density at radius 3 is 2.79 bits per heavy atom. The van der Waals surface area contributed by atoms with Gasteiger partial charge >= 0.3 is 5.69 Å². The normalized spacial score (nSPS) is 11.2. The average Bonchev–Trinajstić information content (AvgIpc) is 3.12. The van der Waals surface area contributed by atoms with E-state index in [4.69, 9.17) is 16.3 Å². The molecule has 0 aliphatic carbocycles. The number of hydrogen-bond acceptors (Lipinski definition) is 7. The zero-order valence-corrected chi connectivity index (χ0v) is 19.2. The Morgan fingerprint density at radius 1 is 1.24 bits per heavy atom. The van der Waals surface area contributed by atoms with Crippen LogP contribution in [0, 0.1) is 10.1 Å². The second-order valence-electron chi connectivity index (χ2n) is 7.77. The maximum Gasteiger partial charge on any atom is 0.313 e. The highest BCUT2D eigenvalue weighted by Gasteiger charge is 2.20. The number of aryl methyl sites for hydroxylation is 1. The van der Waals surface area contributed by atoms with Crippen LogP contribution in [0.25, 0.3) is 22.2 Å². The van der Waals surface area contributed by atoms with Gasteiger partial charge in [-0.3, -0.25) is 10.1 Å². The number of benzene rings is 2. The smallest absolute Gasteiger partial charge is 0.313 e. The average molecular weight is 467 g/mol. The summed E-state index contributed by atoms with van der Waals surface area (Å²) in [7, 11) is 5.77. The molecule has 0 atom stereocenters. The summed E-state index contributed by atoms with van der Waals surface area (Å²) in [6.45, 7) is 0.913. The highest BCUT2D eigenvalue weighted by atomic mass is 35.5. The number of aromatic nitrogens is 3. The Labute approximate surface area is 195 Å². The van der Waals surface area contributed by atoms with Crippen LogP contribution < -0.4 is 10.1 Å². The maximum atomic E-state index is 11.6. The van der Waals surface area contributed by atoms with Crippen molar-refractivity contribution in [3.8, 4) is 17.0 Å². The third-order valence-corrected chi connectivity index (χ3v) is 5.43. The van der Waals surface area contributed by atoms with Crippen LogP contribution in [0.2, 0.25) is 5.02 Å². The number of likely N-dealkylation sites (N-methyl/N-ethyl adjacent to an activating group) is 1. The van der Waals surface area contributed by atoms with Gasteiger partial charge in [-0.1, -0.05) is 29.8 Å². The third kappa shape index (κ3) is 4.89. The van der Waals surface area contributed by atoms with Crippen molar-refractivity contribution in [2.24, 2.45) is 7.05 Å². The van der Waals surface area contributed by atoms with E-state index in [1.54, 1.807) is 6.20 Å². The van der Waals surface area contributed by atoms with Gasteiger partial charge in [-0.15, -0.1) is 0 Å². The van der Waals surface area contributed by atoms with Crippen LogP contribution in [0.4, 0.5) is 17.3 Å². The highest BCUT2D eigenvalue weighted by Crippen LogP contribution is 2.37. The summed E-state index contributed by atoms with van der Waals surface area (Å²) in [4.78, 5) is 21.9. The van der Waals surface area contributed by atoms with E-state index in [9.17, 15) is 10.1 Å². The van der Waals surface area contributed by atoms with Crippen molar-refractivity contribution in [1.29, 1.82) is 0 Å². The number of para-hydroxylation sites is 1. The Kier molecular flexibility index (Phi) is 6.43. The predicted octanol–water partition coefficient (Wildman–Crippen LogP) is 4.88. The molecule has 0 saturated carbocycles. The minimum absolute atomic E-state index is 0.114. The monoisotopic (exact) mass is 466 g/mol. The first-order valence-corrected chi connectivity index (χ1v) is 10.6. The number of hydrogen-bond donors (Lipinski definition) is 1. The molecule has 0 aliphatic heterocycles. The second kappa shape index (κ2) is 9.43. The first-order chi connectivity index (χ1) is 15.8. The zero-order chi connectivity index (χ0) is 23.5. The molecule has 4 aromatic rings. The van der Waals surface area contributed by atoms with Crippen LogP contribution in [0.5, 0.6) is 5.75 Å². The number of ether oxygens (including phenoxy) is 1. The van der Waals surface area contributed by atoms with E-state index >= 15 is 0 Å². The fraction of sp³-hybridized carbons (Fsp3) is 0.217. The lowest BCUT2D eigenvalue weighted by Gasteiger charge is -2.13. The van der Waals surface area contributed by atoms with Gasteiger partial charge < -0.3 is 19.5 Å². The van der Waals surface area contributed by atoms with Crippen molar-refractivity contribution < 1.29 is 9.66 Å². The van der Waals surface area contributed by atoms with Gasteiger partial charge in [-0.25, -0.2) is 9.97 Å². The molecule has 170 valence electrons. The van der Waals surface area contributed by atoms with E-state index in [0.717, 1.165) is 22.2 Å². The van der Waals surface area contributed by atoms with Gasteiger partial charge in [-0.05, 0) is 26.2 Å². The largest absolute Gasteiger partial charge is 0.485 e. The fourth-order valence-corrected chi connectivity index (χ4v) is 3.67. The topological polar surface area (TPSA) is 98.3 Å². The minimum Gasteiger partial charge on any atom is -0.485 e. The Bertz CT molecular complexity index is 1320. The minimum atomic E-state index is -0.500. The molecule has 1 N–H and O–H groups in total. The van der Waals surface area contributed by atoms with Crippen molar-refractivity contribution in [1.82, 2.24) is 19.4 Å². The Balaban J connectivity index is 1.64. The van der Waals surface area contributed by atoms with Gasteiger partial charge in [0.2, 0.25) is 5.95 Å². The van der Waals surface area contributed by atoms with E-state index < -0.39 is 4.92 Å². The molecule has 0 radical (unpaired) electrons. The summed E-state index contributed by atoms with van der Waals surface area (Å²) < 4.78 is 7.62. The molecular weight excluding hydrogens is 444 g/mol. The highest BCUT2D eigenvalue weighted by molar-refractivity contribution is 6.33. The van der Waals surface area contributed by atoms with Crippen LogP contribution in [-0.2, 0) is 7.05 Å². The predicted molar refractivity (Wildman–Crippen MR) is 129 cm³/mol. The van der Waals surface area contributed by atoms with Gasteiger partial charge in [0, 0.05) is 54.6 Å². The molecule has 0 fully saturated rings.